The fourth-order valence-corrected chi connectivity index (χ4v) is 3.12. The molecule has 1 aliphatic carbocycles. The number of rotatable bonds is 6. The zero-order valence-electron chi connectivity index (χ0n) is 15.0. The van der Waals surface area contributed by atoms with Crippen LogP contribution in [0.3, 0.4) is 0 Å². The first kappa shape index (κ1) is 18.5. The van der Waals surface area contributed by atoms with Gasteiger partial charge in [-0.2, -0.15) is 0 Å². The van der Waals surface area contributed by atoms with Gasteiger partial charge in [-0.1, -0.05) is 55.8 Å². The molecule has 4 nitrogen and oxygen atoms in total. The maximum atomic E-state index is 12.3. The second-order valence-electron chi connectivity index (χ2n) is 7.02. The Hall–Kier alpha value is -2.33. The van der Waals surface area contributed by atoms with Crippen LogP contribution in [0.15, 0.2) is 48.5 Å². The number of anilines is 1. The minimum Gasteiger partial charge on any atom is -0.352 e. The third kappa shape index (κ3) is 4.44. The van der Waals surface area contributed by atoms with Gasteiger partial charge in [-0.3, -0.25) is 9.59 Å². The van der Waals surface area contributed by atoms with Gasteiger partial charge >= 0.3 is 0 Å². The molecule has 1 saturated carbocycles. The highest BCUT2D eigenvalue weighted by atomic mass is 35.5. The van der Waals surface area contributed by atoms with E-state index in [1.165, 1.54) is 5.56 Å². The molecule has 2 atom stereocenters. The van der Waals surface area contributed by atoms with Gasteiger partial charge in [0.05, 0.1) is 11.8 Å². The number of hydrogen-bond acceptors (Lipinski definition) is 2. The first-order valence-corrected chi connectivity index (χ1v) is 9.25. The van der Waals surface area contributed by atoms with Gasteiger partial charge in [0.15, 0.2) is 0 Å². The van der Waals surface area contributed by atoms with Crippen LogP contribution in [0, 0.1) is 11.8 Å². The Labute approximate surface area is 158 Å². The molecule has 0 heterocycles. The van der Waals surface area contributed by atoms with Crippen molar-refractivity contribution in [1.82, 2.24) is 5.32 Å². The number of hydrogen-bond donors (Lipinski definition) is 2. The van der Waals surface area contributed by atoms with Gasteiger partial charge in [-0.25, -0.2) is 0 Å². The lowest BCUT2D eigenvalue weighted by molar-refractivity contribution is -0.125. The lowest BCUT2D eigenvalue weighted by Crippen LogP contribution is -2.27. The van der Waals surface area contributed by atoms with Crippen molar-refractivity contribution in [2.24, 2.45) is 11.8 Å². The van der Waals surface area contributed by atoms with Crippen molar-refractivity contribution in [2.45, 2.75) is 32.7 Å². The fourth-order valence-electron chi connectivity index (χ4n) is 2.92. The summed E-state index contributed by atoms with van der Waals surface area (Å²) in [5, 5.41) is 6.39. The van der Waals surface area contributed by atoms with Crippen molar-refractivity contribution in [3.05, 3.63) is 64.7 Å². The molecule has 0 spiro atoms. The van der Waals surface area contributed by atoms with E-state index in [2.05, 4.69) is 24.5 Å². The van der Waals surface area contributed by atoms with E-state index in [4.69, 9.17) is 11.6 Å². The molecule has 0 aromatic heterocycles. The second kappa shape index (κ2) is 7.92. The normalized spacial score (nSPS) is 18.5. The van der Waals surface area contributed by atoms with Crippen LogP contribution in [0.2, 0.25) is 5.02 Å². The quantitative estimate of drug-likeness (QED) is 0.793. The molecule has 0 bridgehead atoms. The predicted molar refractivity (Wildman–Crippen MR) is 104 cm³/mol. The van der Waals surface area contributed by atoms with Gasteiger partial charge in [-0.15, -0.1) is 0 Å². The van der Waals surface area contributed by atoms with Gasteiger partial charge in [0.2, 0.25) is 11.8 Å². The molecule has 5 heteroatoms. The van der Waals surface area contributed by atoms with Gasteiger partial charge in [0.25, 0.3) is 0 Å². The average Bonchev–Trinajstić information content (AvgIpc) is 3.42. The van der Waals surface area contributed by atoms with Crippen LogP contribution in [-0.2, 0) is 16.1 Å². The van der Waals surface area contributed by atoms with E-state index in [0.717, 1.165) is 11.3 Å². The maximum absolute atomic E-state index is 12.3. The van der Waals surface area contributed by atoms with Crippen LogP contribution in [0.25, 0.3) is 0 Å². The lowest BCUT2D eigenvalue weighted by atomic mass is 10.0. The Kier molecular flexibility index (Phi) is 5.62. The van der Waals surface area contributed by atoms with Gasteiger partial charge in [0, 0.05) is 17.3 Å². The molecular weight excluding hydrogens is 348 g/mol. The number of benzene rings is 2. The molecule has 136 valence electrons. The van der Waals surface area contributed by atoms with Crippen LogP contribution in [0.1, 0.15) is 37.3 Å². The van der Waals surface area contributed by atoms with Crippen LogP contribution >= 0.6 is 11.6 Å². The summed E-state index contributed by atoms with van der Waals surface area (Å²) in [7, 11) is 0. The molecule has 1 aliphatic rings. The molecule has 2 N–H and O–H groups in total. The number of halogens is 1. The van der Waals surface area contributed by atoms with Crippen LogP contribution in [0.4, 0.5) is 5.69 Å². The maximum Gasteiger partial charge on any atom is 0.228 e. The summed E-state index contributed by atoms with van der Waals surface area (Å²) in [4.78, 5) is 24.6. The summed E-state index contributed by atoms with van der Waals surface area (Å²) in [6.07, 6.45) is 0.588. The average molecular weight is 371 g/mol. The number of amides is 2. The first-order valence-electron chi connectivity index (χ1n) is 8.87. The Morgan fingerprint density at radius 1 is 1.04 bits per heavy atom. The monoisotopic (exact) mass is 370 g/mol. The van der Waals surface area contributed by atoms with Crippen molar-refractivity contribution >= 4 is 29.1 Å². The van der Waals surface area contributed by atoms with Crippen molar-refractivity contribution in [1.29, 1.82) is 0 Å². The first-order chi connectivity index (χ1) is 12.5. The molecule has 26 heavy (non-hydrogen) atoms. The summed E-state index contributed by atoms with van der Waals surface area (Å²) in [6.45, 7) is 4.63. The van der Waals surface area contributed by atoms with E-state index in [1.807, 2.05) is 42.5 Å². The molecule has 0 radical (unpaired) electrons. The standard InChI is InChI=1S/C21H23ClN2O2/c1-13(2)14-7-9-16(10-8-14)24-21(26)18-11-17(18)20(25)23-12-15-5-3-4-6-19(15)22/h3-10,13,17-18H,11-12H2,1-2H3,(H,23,25)(H,24,26). The van der Waals surface area contributed by atoms with E-state index < -0.39 is 0 Å². The van der Waals surface area contributed by atoms with Crippen LogP contribution < -0.4 is 10.6 Å². The highest BCUT2D eigenvalue weighted by molar-refractivity contribution is 6.31. The molecular formula is C21H23ClN2O2. The van der Waals surface area contributed by atoms with Gasteiger partial charge in [0.1, 0.15) is 0 Å². The fraction of sp³-hybridized carbons (Fsp3) is 0.333. The minimum absolute atomic E-state index is 0.0970. The van der Waals surface area contributed by atoms with Crippen molar-refractivity contribution in [3.8, 4) is 0 Å². The summed E-state index contributed by atoms with van der Waals surface area (Å²) in [6, 6.07) is 15.2. The number of carbonyl (C=O) groups is 2. The molecule has 1 fully saturated rings. The van der Waals surface area contributed by atoms with E-state index in [9.17, 15) is 9.59 Å². The molecule has 2 aromatic rings. The number of carbonyl (C=O) groups excluding carboxylic acids is 2. The predicted octanol–water partition coefficient (Wildman–Crippen LogP) is 4.35. The molecule has 3 rings (SSSR count). The Morgan fingerprint density at radius 2 is 1.69 bits per heavy atom. The second-order valence-corrected chi connectivity index (χ2v) is 7.43. The summed E-state index contributed by atoms with van der Waals surface area (Å²) < 4.78 is 0. The molecule has 0 saturated heterocycles. The summed E-state index contributed by atoms with van der Waals surface area (Å²) in [5.74, 6) is -0.256. The Bertz CT molecular complexity index is 802. The van der Waals surface area contributed by atoms with Crippen LogP contribution in [0.5, 0.6) is 0 Å². The third-order valence-corrected chi connectivity index (χ3v) is 5.09. The van der Waals surface area contributed by atoms with Crippen molar-refractivity contribution < 1.29 is 9.59 Å². The minimum atomic E-state index is -0.258. The highest BCUT2D eigenvalue weighted by Gasteiger charge is 2.47. The topological polar surface area (TPSA) is 58.2 Å². The SMILES string of the molecule is CC(C)c1ccc(NC(=O)C2CC2C(=O)NCc2ccccc2Cl)cc1. The van der Waals surface area contributed by atoms with E-state index in [1.54, 1.807) is 6.07 Å². The van der Waals surface area contributed by atoms with Crippen LogP contribution in [-0.4, -0.2) is 11.8 Å². The van der Waals surface area contributed by atoms with Crippen molar-refractivity contribution in [2.75, 3.05) is 5.32 Å². The zero-order valence-corrected chi connectivity index (χ0v) is 15.7. The van der Waals surface area contributed by atoms with Gasteiger partial charge < -0.3 is 10.6 Å². The molecule has 2 unspecified atom stereocenters. The smallest absolute Gasteiger partial charge is 0.228 e. The van der Waals surface area contributed by atoms with Crippen molar-refractivity contribution in [3.63, 3.8) is 0 Å². The van der Waals surface area contributed by atoms with E-state index in [0.29, 0.717) is 23.9 Å². The molecule has 0 aliphatic heterocycles. The Balaban J connectivity index is 1.49. The molecule has 2 amide bonds. The molecule has 2 aromatic carbocycles. The number of nitrogens with one attached hydrogen (secondary N) is 2. The summed E-state index contributed by atoms with van der Waals surface area (Å²) >= 11 is 6.09. The van der Waals surface area contributed by atoms with E-state index >= 15 is 0 Å². The third-order valence-electron chi connectivity index (χ3n) is 4.72. The highest BCUT2D eigenvalue weighted by Crippen LogP contribution is 2.39. The zero-order chi connectivity index (χ0) is 18.7. The lowest BCUT2D eigenvalue weighted by Gasteiger charge is -2.09. The Morgan fingerprint density at radius 3 is 2.35 bits per heavy atom. The summed E-state index contributed by atoms with van der Waals surface area (Å²) in [5.41, 5.74) is 2.86. The van der Waals surface area contributed by atoms with Gasteiger partial charge in [-0.05, 0) is 41.7 Å². The largest absolute Gasteiger partial charge is 0.352 e. The van der Waals surface area contributed by atoms with E-state index in [-0.39, 0.29) is 23.7 Å².